The van der Waals surface area contributed by atoms with Crippen molar-refractivity contribution in [1.82, 2.24) is 10.6 Å². The molecule has 14 heteroatoms. The highest BCUT2D eigenvalue weighted by atomic mass is 16.6. The molecule has 0 rings (SSSR count). The van der Waals surface area contributed by atoms with E-state index >= 15 is 0 Å². The summed E-state index contributed by atoms with van der Waals surface area (Å²) < 4.78 is 54.1. The molecular formula is C28H58N2O12. The summed E-state index contributed by atoms with van der Waals surface area (Å²) in [5.74, 6) is -0.872. The van der Waals surface area contributed by atoms with E-state index < -0.39 is 5.97 Å². The largest absolute Gasteiger partial charge is 0.481 e. The van der Waals surface area contributed by atoms with Crippen LogP contribution >= 0.6 is 0 Å². The molecule has 42 heavy (non-hydrogen) atoms. The topological polar surface area (TPSA) is 154 Å². The quantitative estimate of drug-likeness (QED) is 0.0656. The summed E-state index contributed by atoms with van der Waals surface area (Å²) in [6.07, 6.45) is 2.41. The first-order valence-electron chi connectivity index (χ1n) is 15.2. The van der Waals surface area contributed by atoms with Gasteiger partial charge in [-0.15, -0.1) is 0 Å². The van der Waals surface area contributed by atoms with Crippen molar-refractivity contribution in [3.8, 4) is 0 Å². The second kappa shape index (κ2) is 38.0. The van der Waals surface area contributed by atoms with Crippen LogP contribution in [0.1, 0.15) is 26.2 Å². The van der Waals surface area contributed by atoms with Gasteiger partial charge in [0.1, 0.15) is 0 Å². The van der Waals surface area contributed by atoms with E-state index in [1.54, 1.807) is 0 Å². The van der Waals surface area contributed by atoms with Crippen LogP contribution in [0.15, 0.2) is 0 Å². The van der Waals surface area contributed by atoms with Gasteiger partial charge in [0.2, 0.25) is 0 Å². The van der Waals surface area contributed by atoms with Crippen LogP contribution in [-0.4, -0.2) is 163 Å². The molecule has 0 aromatic rings. The molecule has 0 amide bonds. The molecule has 0 heterocycles. The summed E-state index contributed by atoms with van der Waals surface area (Å²) in [6.45, 7) is 14.7. The molecule has 14 nitrogen and oxygen atoms in total. The predicted octanol–water partition coefficient (Wildman–Crippen LogP) is 0.564. The fraction of sp³-hybridized carbons (Fsp3) is 0.964. The van der Waals surface area contributed by atoms with Crippen molar-refractivity contribution >= 4 is 5.97 Å². The lowest BCUT2D eigenvalue weighted by Crippen LogP contribution is -2.32. The second-order valence-corrected chi connectivity index (χ2v) is 8.80. The summed E-state index contributed by atoms with van der Waals surface area (Å²) in [5.41, 5.74) is 0. The number of ether oxygens (including phenoxy) is 10. The number of hydrogen-bond acceptors (Lipinski definition) is 13. The van der Waals surface area contributed by atoms with Crippen LogP contribution in [0.4, 0.5) is 0 Å². The number of rotatable bonds is 38. The minimum Gasteiger partial charge on any atom is -0.481 e. The smallest absolute Gasteiger partial charge is 0.305 e. The molecule has 0 saturated heterocycles. The van der Waals surface area contributed by atoms with Gasteiger partial charge < -0.3 is 63.1 Å². The monoisotopic (exact) mass is 614 g/mol. The number of hydrogen-bond donors (Lipinski definition) is 3. The van der Waals surface area contributed by atoms with Crippen molar-refractivity contribution in [2.45, 2.75) is 26.2 Å². The lowest BCUT2D eigenvalue weighted by atomic mass is 10.3. The van der Waals surface area contributed by atoms with Crippen molar-refractivity contribution in [3.63, 3.8) is 0 Å². The third kappa shape index (κ3) is 39.0. The molecule has 0 saturated carbocycles. The Labute approximate surface area is 252 Å². The van der Waals surface area contributed by atoms with Gasteiger partial charge >= 0.3 is 5.97 Å². The van der Waals surface area contributed by atoms with Crippen LogP contribution in [0.5, 0.6) is 0 Å². The molecule has 252 valence electrons. The fourth-order valence-electron chi connectivity index (χ4n) is 2.95. The number of carboxylic acids is 1. The van der Waals surface area contributed by atoms with Gasteiger partial charge in [-0.05, 0) is 13.0 Å². The number of carboxylic acid groups (broad SMARTS) is 1. The summed E-state index contributed by atoms with van der Waals surface area (Å²) >= 11 is 0. The normalized spacial score (nSPS) is 11.5. The Kier molecular flexibility index (Phi) is 37.1. The molecule has 0 aromatic carbocycles. The van der Waals surface area contributed by atoms with Gasteiger partial charge in [-0.3, -0.25) is 4.79 Å². The van der Waals surface area contributed by atoms with E-state index in [0.717, 1.165) is 19.8 Å². The van der Waals surface area contributed by atoms with Crippen molar-refractivity contribution in [1.29, 1.82) is 0 Å². The van der Waals surface area contributed by atoms with E-state index in [9.17, 15) is 4.79 Å². The van der Waals surface area contributed by atoms with Gasteiger partial charge in [0.25, 0.3) is 0 Å². The highest BCUT2D eigenvalue weighted by Gasteiger charge is 1.97. The SMILES string of the molecule is CCCCNCNCCOCCOCCOCCOCCOCCOCCOCCOCCOCCOCCC(=O)O. The standard InChI is InChI=1S/C28H58N2O12/c1-2-3-5-29-27-30-6-8-34-10-12-36-14-16-38-18-20-40-22-24-42-26-25-41-23-21-39-19-17-37-15-13-35-11-9-33-7-4-28(31)32/h29-30H,2-27H2,1H3,(H,31,32). The lowest BCUT2D eigenvalue weighted by Gasteiger charge is -2.09. The fourth-order valence-corrected chi connectivity index (χ4v) is 2.95. The first-order chi connectivity index (χ1) is 20.8. The minimum absolute atomic E-state index is 0.000766. The number of carbonyl (C=O) groups is 1. The maximum atomic E-state index is 10.3. The Bertz CT molecular complexity index is 523. The Hall–Kier alpha value is -1.01. The van der Waals surface area contributed by atoms with Gasteiger partial charge in [-0.25, -0.2) is 0 Å². The summed E-state index contributed by atoms with van der Waals surface area (Å²) in [6, 6.07) is 0. The highest BCUT2D eigenvalue weighted by Crippen LogP contribution is 1.87. The Morgan fingerprint density at radius 3 is 1.05 bits per heavy atom. The van der Waals surface area contributed by atoms with Crippen molar-refractivity contribution in [3.05, 3.63) is 0 Å². The van der Waals surface area contributed by atoms with E-state index in [0.29, 0.717) is 126 Å². The molecule has 0 spiro atoms. The van der Waals surface area contributed by atoms with Gasteiger partial charge in [0.15, 0.2) is 0 Å². The van der Waals surface area contributed by atoms with Crippen LogP contribution < -0.4 is 10.6 Å². The van der Waals surface area contributed by atoms with Gasteiger partial charge in [-0.2, -0.15) is 0 Å². The molecule has 0 aliphatic rings. The lowest BCUT2D eigenvalue weighted by molar-refractivity contribution is -0.138. The molecule has 0 aliphatic carbocycles. The molecular weight excluding hydrogens is 556 g/mol. The molecule has 0 fully saturated rings. The summed E-state index contributed by atoms with van der Waals surface area (Å²) in [5, 5.41) is 15.1. The van der Waals surface area contributed by atoms with Crippen LogP contribution in [0.25, 0.3) is 0 Å². The molecule has 3 N–H and O–H groups in total. The zero-order valence-corrected chi connectivity index (χ0v) is 25.8. The van der Waals surface area contributed by atoms with Crippen molar-refractivity contribution in [2.75, 3.05) is 152 Å². The first kappa shape index (κ1) is 41.0. The maximum absolute atomic E-state index is 10.3. The maximum Gasteiger partial charge on any atom is 0.305 e. The van der Waals surface area contributed by atoms with E-state index in [2.05, 4.69) is 17.6 Å². The zero-order chi connectivity index (χ0) is 30.4. The molecule has 0 atom stereocenters. The Morgan fingerprint density at radius 2 is 0.738 bits per heavy atom. The van der Waals surface area contributed by atoms with E-state index in [4.69, 9.17) is 52.5 Å². The van der Waals surface area contributed by atoms with Crippen molar-refractivity contribution in [2.24, 2.45) is 0 Å². The van der Waals surface area contributed by atoms with E-state index in [-0.39, 0.29) is 13.0 Å². The van der Waals surface area contributed by atoms with E-state index in [1.165, 1.54) is 12.8 Å². The second-order valence-electron chi connectivity index (χ2n) is 8.80. The van der Waals surface area contributed by atoms with Crippen LogP contribution in [0.2, 0.25) is 0 Å². The van der Waals surface area contributed by atoms with Crippen LogP contribution in [0, 0.1) is 0 Å². The molecule has 0 bridgehead atoms. The first-order valence-corrected chi connectivity index (χ1v) is 15.2. The minimum atomic E-state index is -0.872. The molecule has 0 radical (unpaired) electrons. The molecule has 0 unspecified atom stereocenters. The zero-order valence-electron chi connectivity index (χ0n) is 25.8. The Morgan fingerprint density at radius 1 is 0.452 bits per heavy atom. The number of unbranched alkanes of at least 4 members (excludes halogenated alkanes) is 1. The van der Waals surface area contributed by atoms with Crippen LogP contribution in [0.3, 0.4) is 0 Å². The average molecular weight is 615 g/mol. The Balaban J connectivity index is 3.03. The third-order valence-electron chi connectivity index (χ3n) is 5.19. The van der Waals surface area contributed by atoms with Gasteiger partial charge in [0.05, 0.1) is 139 Å². The summed E-state index contributed by atoms with van der Waals surface area (Å²) in [4.78, 5) is 10.3. The molecule has 0 aromatic heterocycles. The van der Waals surface area contributed by atoms with Crippen LogP contribution in [-0.2, 0) is 52.2 Å². The predicted molar refractivity (Wildman–Crippen MR) is 156 cm³/mol. The number of nitrogens with one attached hydrogen (secondary N) is 2. The van der Waals surface area contributed by atoms with Crippen molar-refractivity contribution < 1.29 is 57.3 Å². The molecule has 0 aliphatic heterocycles. The summed E-state index contributed by atoms with van der Waals surface area (Å²) in [7, 11) is 0. The van der Waals surface area contributed by atoms with Gasteiger partial charge in [-0.1, -0.05) is 13.3 Å². The average Bonchev–Trinajstić information content (AvgIpc) is 2.98. The number of aliphatic carboxylic acids is 1. The third-order valence-corrected chi connectivity index (χ3v) is 5.19. The highest BCUT2D eigenvalue weighted by molar-refractivity contribution is 5.66. The van der Waals surface area contributed by atoms with E-state index in [1.807, 2.05) is 0 Å². The van der Waals surface area contributed by atoms with Gasteiger partial charge in [0, 0.05) is 13.2 Å².